The second-order valence-electron chi connectivity index (χ2n) is 3.78. The SMILES string of the molecule is CCCCC1(CC)CO[PH](=O)OC1. The fourth-order valence-corrected chi connectivity index (χ4v) is 2.52. The molecule has 0 radical (unpaired) electrons. The van der Waals surface area contributed by atoms with Gasteiger partial charge in [0.2, 0.25) is 0 Å². The Hall–Kier alpha value is 0.150. The maximum absolute atomic E-state index is 10.9. The van der Waals surface area contributed by atoms with Crippen LogP contribution in [0.15, 0.2) is 0 Å². The van der Waals surface area contributed by atoms with Crippen molar-refractivity contribution in [1.29, 1.82) is 0 Å². The fraction of sp³-hybridized carbons (Fsp3) is 1.00. The van der Waals surface area contributed by atoms with Gasteiger partial charge >= 0.3 is 8.25 Å². The summed E-state index contributed by atoms with van der Waals surface area (Å²) in [6.07, 6.45) is 4.55. The first kappa shape index (κ1) is 11.2. The Morgan fingerprint density at radius 3 is 2.38 bits per heavy atom. The number of rotatable bonds is 4. The van der Waals surface area contributed by atoms with Crippen molar-refractivity contribution < 1.29 is 13.6 Å². The summed E-state index contributed by atoms with van der Waals surface area (Å²) in [5.41, 5.74) is 0.134. The predicted octanol–water partition coefficient (Wildman–Crippen LogP) is 3.01. The van der Waals surface area contributed by atoms with E-state index in [0.29, 0.717) is 13.2 Å². The van der Waals surface area contributed by atoms with Crippen LogP contribution in [0.1, 0.15) is 39.5 Å². The van der Waals surface area contributed by atoms with Gasteiger partial charge in [-0.05, 0) is 12.8 Å². The Bertz CT molecular complexity index is 172. The Labute approximate surface area is 80.8 Å². The predicted molar refractivity (Wildman–Crippen MR) is 53.2 cm³/mol. The molecule has 0 aliphatic carbocycles. The smallest absolute Gasteiger partial charge is 0.310 e. The second-order valence-corrected chi connectivity index (χ2v) is 4.86. The van der Waals surface area contributed by atoms with Gasteiger partial charge in [-0.1, -0.05) is 26.7 Å². The Morgan fingerprint density at radius 1 is 1.31 bits per heavy atom. The first-order valence-corrected chi connectivity index (χ1v) is 6.24. The zero-order valence-electron chi connectivity index (χ0n) is 8.47. The molecule has 0 N–H and O–H groups in total. The van der Waals surface area contributed by atoms with E-state index in [-0.39, 0.29) is 5.41 Å². The molecule has 1 heterocycles. The van der Waals surface area contributed by atoms with Gasteiger partial charge in [0.1, 0.15) is 0 Å². The van der Waals surface area contributed by atoms with Gasteiger partial charge in [-0.2, -0.15) is 0 Å². The Morgan fingerprint density at radius 2 is 1.92 bits per heavy atom. The van der Waals surface area contributed by atoms with Crippen LogP contribution in [0.25, 0.3) is 0 Å². The maximum Gasteiger partial charge on any atom is 0.319 e. The van der Waals surface area contributed by atoms with Crippen LogP contribution in [0.5, 0.6) is 0 Å². The molecule has 0 atom stereocenters. The molecule has 0 bridgehead atoms. The van der Waals surface area contributed by atoms with Gasteiger partial charge in [0, 0.05) is 5.41 Å². The molecule has 0 spiro atoms. The summed E-state index contributed by atoms with van der Waals surface area (Å²) >= 11 is 0. The lowest BCUT2D eigenvalue weighted by Gasteiger charge is -2.35. The van der Waals surface area contributed by atoms with Crippen LogP contribution in [0.3, 0.4) is 0 Å². The molecule has 0 aromatic heterocycles. The quantitative estimate of drug-likeness (QED) is 0.663. The van der Waals surface area contributed by atoms with Crippen molar-refractivity contribution >= 4 is 8.25 Å². The summed E-state index contributed by atoms with van der Waals surface area (Å²) in [5.74, 6) is 0. The molecule has 4 heteroatoms. The van der Waals surface area contributed by atoms with Crippen molar-refractivity contribution in [2.24, 2.45) is 5.41 Å². The molecule has 0 saturated carbocycles. The van der Waals surface area contributed by atoms with E-state index in [2.05, 4.69) is 13.8 Å². The monoisotopic (exact) mass is 206 g/mol. The molecule has 0 aromatic carbocycles. The summed E-state index contributed by atoms with van der Waals surface area (Å²) in [5, 5.41) is 0. The lowest BCUT2D eigenvalue weighted by Crippen LogP contribution is -2.33. The first-order valence-electron chi connectivity index (χ1n) is 5.02. The largest absolute Gasteiger partial charge is 0.319 e. The molecule has 78 valence electrons. The lowest BCUT2D eigenvalue weighted by molar-refractivity contribution is 0.0170. The van der Waals surface area contributed by atoms with E-state index in [1.807, 2.05) is 0 Å². The molecule has 1 rings (SSSR count). The van der Waals surface area contributed by atoms with Crippen LogP contribution in [-0.2, 0) is 13.6 Å². The van der Waals surface area contributed by atoms with E-state index in [1.165, 1.54) is 12.8 Å². The minimum absolute atomic E-state index is 0.134. The minimum Gasteiger partial charge on any atom is -0.310 e. The zero-order valence-corrected chi connectivity index (χ0v) is 9.47. The standard InChI is InChI=1S/C9H19O3P/c1-3-5-6-9(4-2)7-11-13(10)12-8-9/h13H,3-8H2,1-2H3. The van der Waals surface area contributed by atoms with E-state index in [1.54, 1.807) is 0 Å². The number of hydrogen-bond acceptors (Lipinski definition) is 3. The minimum atomic E-state index is -2.15. The molecule has 0 unspecified atom stereocenters. The Kier molecular flexibility index (Phi) is 4.43. The van der Waals surface area contributed by atoms with E-state index in [4.69, 9.17) is 9.05 Å². The molecule has 1 saturated heterocycles. The molecular formula is C9H19O3P. The first-order chi connectivity index (χ1) is 6.22. The molecule has 1 aliphatic heterocycles. The second kappa shape index (κ2) is 5.14. The third kappa shape index (κ3) is 3.08. The average molecular weight is 206 g/mol. The fourth-order valence-electron chi connectivity index (χ4n) is 1.58. The van der Waals surface area contributed by atoms with Gasteiger partial charge in [0.25, 0.3) is 0 Å². The summed E-state index contributed by atoms with van der Waals surface area (Å²) in [4.78, 5) is 0. The summed E-state index contributed by atoms with van der Waals surface area (Å²) in [6.45, 7) is 5.55. The highest BCUT2D eigenvalue weighted by Crippen LogP contribution is 2.41. The summed E-state index contributed by atoms with van der Waals surface area (Å²) < 4.78 is 21.1. The van der Waals surface area contributed by atoms with Crippen molar-refractivity contribution in [3.05, 3.63) is 0 Å². The number of unbranched alkanes of at least 4 members (excludes halogenated alkanes) is 1. The van der Waals surface area contributed by atoms with Gasteiger partial charge in [-0.15, -0.1) is 0 Å². The van der Waals surface area contributed by atoms with Crippen LogP contribution in [0.2, 0.25) is 0 Å². The van der Waals surface area contributed by atoms with Crippen molar-refractivity contribution in [2.75, 3.05) is 13.2 Å². The molecule has 0 amide bonds. The highest BCUT2D eigenvalue weighted by atomic mass is 31.1. The van der Waals surface area contributed by atoms with Gasteiger partial charge in [-0.25, -0.2) is 0 Å². The van der Waals surface area contributed by atoms with Crippen LogP contribution in [0, 0.1) is 5.41 Å². The Balaban J connectivity index is 2.44. The third-order valence-corrected chi connectivity index (χ3v) is 3.56. The molecule has 1 aliphatic rings. The van der Waals surface area contributed by atoms with Crippen LogP contribution in [0.4, 0.5) is 0 Å². The van der Waals surface area contributed by atoms with Crippen molar-refractivity contribution in [1.82, 2.24) is 0 Å². The topological polar surface area (TPSA) is 35.5 Å². The van der Waals surface area contributed by atoms with Crippen molar-refractivity contribution in [2.45, 2.75) is 39.5 Å². The van der Waals surface area contributed by atoms with Crippen LogP contribution >= 0.6 is 8.25 Å². The van der Waals surface area contributed by atoms with E-state index in [0.717, 1.165) is 12.8 Å². The van der Waals surface area contributed by atoms with Crippen LogP contribution in [-0.4, -0.2) is 13.2 Å². The molecule has 3 nitrogen and oxygen atoms in total. The third-order valence-electron chi connectivity index (χ3n) is 2.80. The van der Waals surface area contributed by atoms with E-state index >= 15 is 0 Å². The summed E-state index contributed by atoms with van der Waals surface area (Å²) in [6, 6.07) is 0. The summed E-state index contributed by atoms with van der Waals surface area (Å²) in [7, 11) is -2.15. The zero-order chi connectivity index (χ0) is 9.73. The molecular weight excluding hydrogens is 187 g/mol. The van der Waals surface area contributed by atoms with Gasteiger partial charge in [0.05, 0.1) is 13.2 Å². The van der Waals surface area contributed by atoms with E-state index < -0.39 is 8.25 Å². The highest BCUT2D eigenvalue weighted by Gasteiger charge is 2.33. The van der Waals surface area contributed by atoms with Crippen LogP contribution < -0.4 is 0 Å². The molecule has 0 aromatic rings. The molecule has 13 heavy (non-hydrogen) atoms. The molecule has 1 fully saturated rings. The maximum atomic E-state index is 10.9. The van der Waals surface area contributed by atoms with Crippen molar-refractivity contribution in [3.8, 4) is 0 Å². The van der Waals surface area contributed by atoms with Crippen molar-refractivity contribution in [3.63, 3.8) is 0 Å². The number of hydrogen-bond donors (Lipinski definition) is 0. The van der Waals surface area contributed by atoms with Gasteiger partial charge in [0.15, 0.2) is 0 Å². The van der Waals surface area contributed by atoms with E-state index in [9.17, 15) is 4.57 Å². The average Bonchev–Trinajstić information content (AvgIpc) is 2.18. The van der Waals surface area contributed by atoms with Gasteiger partial charge < -0.3 is 9.05 Å². The lowest BCUT2D eigenvalue weighted by atomic mass is 9.82. The van der Waals surface area contributed by atoms with Gasteiger partial charge in [-0.3, -0.25) is 4.57 Å². The normalized spacial score (nSPS) is 34.8. The highest BCUT2D eigenvalue weighted by molar-refractivity contribution is 7.33.